The van der Waals surface area contributed by atoms with Gasteiger partial charge in [-0.1, -0.05) is 22.7 Å². The quantitative estimate of drug-likeness (QED) is 0.191. The first-order chi connectivity index (χ1) is 24.0. The molecule has 0 bridgehead atoms. The van der Waals surface area contributed by atoms with Crippen LogP contribution >= 0.6 is 22.7 Å². The van der Waals surface area contributed by atoms with Crippen molar-refractivity contribution in [3.8, 4) is 0 Å². The number of Topliss-reactive ketones (excluding diaryl/α,β-unsaturated/α-hetero) is 2. The summed E-state index contributed by atoms with van der Waals surface area (Å²) in [5, 5.41) is 0. The summed E-state index contributed by atoms with van der Waals surface area (Å²) in [5.74, 6) is 0.271. The van der Waals surface area contributed by atoms with Gasteiger partial charge in [0.1, 0.15) is 0 Å². The van der Waals surface area contributed by atoms with Crippen LogP contribution in [0.2, 0.25) is 0 Å². The Morgan fingerprint density at radius 2 is 1.10 bits per heavy atom. The first kappa shape index (κ1) is 37.1. The lowest BCUT2D eigenvalue weighted by atomic mass is 10.2. The van der Waals surface area contributed by atoms with E-state index in [0.717, 1.165) is 107 Å². The minimum Gasteiger partial charge on any atom is -0.369 e. The van der Waals surface area contributed by atoms with Crippen LogP contribution in [-0.4, -0.2) is 82.7 Å². The molecule has 2 aliphatic heterocycles. The zero-order chi connectivity index (χ0) is 35.9. The van der Waals surface area contributed by atoms with E-state index in [1.165, 1.54) is 28.4 Å². The van der Waals surface area contributed by atoms with E-state index in [0.29, 0.717) is 5.56 Å². The maximum Gasteiger partial charge on any atom is 0.253 e. The molecule has 1 amide bonds. The summed E-state index contributed by atoms with van der Waals surface area (Å²) in [4.78, 5) is 55.3. The Hall–Kier alpha value is -4.13. The third kappa shape index (κ3) is 8.59. The summed E-state index contributed by atoms with van der Waals surface area (Å²) in [6.07, 6.45) is 2.18. The normalized spacial score (nSPS) is 15.7. The predicted molar refractivity (Wildman–Crippen MR) is 204 cm³/mol. The average molecular weight is 716 g/mol. The molecule has 10 nitrogen and oxygen atoms in total. The van der Waals surface area contributed by atoms with Gasteiger partial charge < -0.3 is 23.8 Å². The molecule has 2 aromatic carbocycles. The number of anilines is 1. The Bertz CT molecular complexity index is 1950. The first-order valence-electron chi connectivity index (χ1n) is 17.4. The number of amides is 1. The number of piperazine rings is 1. The van der Waals surface area contributed by atoms with Crippen LogP contribution in [0.25, 0.3) is 0 Å². The van der Waals surface area contributed by atoms with E-state index >= 15 is 0 Å². The highest BCUT2D eigenvalue weighted by Crippen LogP contribution is 2.22. The van der Waals surface area contributed by atoms with Crippen LogP contribution in [0.5, 0.6) is 0 Å². The van der Waals surface area contributed by atoms with Crippen LogP contribution in [0.1, 0.15) is 81.6 Å². The highest BCUT2D eigenvalue weighted by molar-refractivity contribution is 7.11. The van der Waals surface area contributed by atoms with Crippen molar-refractivity contribution in [1.29, 1.82) is 0 Å². The Morgan fingerprint density at radius 1 is 0.660 bits per heavy atom. The summed E-state index contributed by atoms with van der Waals surface area (Å²) in [6, 6.07) is 15.8. The lowest BCUT2D eigenvalue weighted by Crippen LogP contribution is -2.44. The highest BCUT2D eigenvalue weighted by Gasteiger charge is 2.19. The maximum atomic E-state index is 12.4. The molecule has 0 unspecified atom stereocenters. The largest absolute Gasteiger partial charge is 0.369 e. The minimum absolute atomic E-state index is 0.0673. The lowest BCUT2D eigenvalue weighted by Gasteiger charge is -2.34. The Labute approximate surface area is 303 Å². The Balaban J connectivity index is 0.000000194. The molecule has 2 fully saturated rings. The van der Waals surface area contributed by atoms with Gasteiger partial charge in [-0.15, -0.1) is 0 Å². The van der Waals surface area contributed by atoms with Crippen molar-refractivity contribution in [2.45, 2.75) is 67.5 Å². The molecular formula is C38H49N7O3S2. The number of likely N-dealkylation sites (tertiary alicyclic amines) is 1. The van der Waals surface area contributed by atoms with Gasteiger partial charge in [0, 0.05) is 88.8 Å². The summed E-state index contributed by atoms with van der Waals surface area (Å²) >= 11 is 2.89. The molecule has 4 aromatic rings. The van der Waals surface area contributed by atoms with E-state index in [1.54, 1.807) is 13.8 Å². The number of aromatic nitrogens is 2. The van der Waals surface area contributed by atoms with Gasteiger partial charge in [0.25, 0.3) is 5.91 Å². The molecule has 4 heterocycles. The molecule has 0 radical (unpaired) electrons. The molecule has 266 valence electrons. The van der Waals surface area contributed by atoms with Crippen molar-refractivity contribution in [3.05, 3.63) is 84.8 Å². The fourth-order valence-corrected chi connectivity index (χ4v) is 8.56. The number of rotatable bonds is 8. The SMILES string of the molecule is CCn1c(C)c(C(C)=O)sc1=Nc1ccc(C(=O)N2CCCC2)cc1.CCn1c(C)c(C(C)=O)sc1=Nc1ccc(N2CCN(C)CC2)cc1. The zero-order valence-corrected chi connectivity index (χ0v) is 32.0. The molecule has 0 saturated carbocycles. The number of carbonyl (C=O) groups excluding carboxylic acids is 3. The van der Waals surface area contributed by atoms with E-state index in [-0.39, 0.29) is 17.5 Å². The molecule has 0 aliphatic carbocycles. The molecular weight excluding hydrogens is 667 g/mol. The minimum atomic E-state index is 0.0673. The maximum absolute atomic E-state index is 12.4. The fourth-order valence-electron chi connectivity index (χ4n) is 6.34. The molecule has 2 aromatic heterocycles. The molecule has 12 heteroatoms. The molecule has 2 aliphatic rings. The van der Waals surface area contributed by atoms with E-state index in [4.69, 9.17) is 4.99 Å². The number of benzene rings is 2. The Morgan fingerprint density at radius 3 is 1.52 bits per heavy atom. The number of nitrogens with zero attached hydrogens (tertiary/aromatic N) is 7. The van der Waals surface area contributed by atoms with Crippen LogP contribution < -0.4 is 14.5 Å². The van der Waals surface area contributed by atoms with Gasteiger partial charge in [0.05, 0.1) is 21.1 Å². The van der Waals surface area contributed by atoms with Crippen LogP contribution in [-0.2, 0) is 13.1 Å². The third-order valence-electron chi connectivity index (χ3n) is 9.26. The van der Waals surface area contributed by atoms with Crippen molar-refractivity contribution in [2.24, 2.45) is 9.98 Å². The van der Waals surface area contributed by atoms with Gasteiger partial charge >= 0.3 is 0 Å². The van der Waals surface area contributed by atoms with Gasteiger partial charge in [-0.3, -0.25) is 14.4 Å². The lowest BCUT2D eigenvalue weighted by molar-refractivity contribution is 0.0792. The van der Waals surface area contributed by atoms with Crippen LogP contribution in [0, 0.1) is 13.8 Å². The smallest absolute Gasteiger partial charge is 0.253 e. The second kappa shape index (κ2) is 16.7. The average Bonchev–Trinajstić information content (AvgIpc) is 3.84. The molecule has 50 heavy (non-hydrogen) atoms. The van der Waals surface area contributed by atoms with Crippen molar-refractivity contribution in [1.82, 2.24) is 18.9 Å². The molecule has 0 N–H and O–H groups in total. The molecule has 6 rings (SSSR count). The Kier molecular flexibility index (Phi) is 12.4. The van der Waals surface area contributed by atoms with Crippen molar-refractivity contribution in [3.63, 3.8) is 0 Å². The number of hydrogen-bond acceptors (Lipinski definition) is 9. The van der Waals surface area contributed by atoms with E-state index in [2.05, 4.69) is 57.6 Å². The molecule has 2 saturated heterocycles. The van der Waals surface area contributed by atoms with Gasteiger partial charge in [-0.2, -0.15) is 0 Å². The number of ketones is 2. The van der Waals surface area contributed by atoms with Crippen molar-refractivity contribution >= 4 is 57.2 Å². The first-order valence-corrected chi connectivity index (χ1v) is 19.1. The monoisotopic (exact) mass is 715 g/mol. The zero-order valence-electron chi connectivity index (χ0n) is 30.4. The van der Waals surface area contributed by atoms with Gasteiger partial charge in [0.15, 0.2) is 21.2 Å². The third-order valence-corrected chi connectivity index (χ3v) is 11.8. The van der Waals surface area contributed by atoms with E-state index in [1.807, 2.05) is 54.5 Å². The van der Waals surface area contributed by atoms with Crippen LogP contribution in [0.3, 0.4) is 0 Å². The highest BCUT2D eigenvalue weighted by atomic mass is 32.1. The van der Waals surface area contributed by atoms with Gasteiger partial charge in [0.2, 0.25) is 0 Å². The summed E-state index contributed by atoms with van der Waals surface area (Å²) < 4.78 is 4.15. The number of thiazole rings is 2. The van der Waals surface area contributed by atoms with Crippen LogP contribution in [0.4, 0.5) is 17.1 Å². The summed E-state index contributed by atoms with van der Waals surface area (Å²) in [5.41, 5.74) is 5.64. The summed E-state index contributed by atoms with van der Waals surface area (Å²) in [7, 11) is 2.17. The molecule has 0 atom stereocenters. The number of hydrogen-bond donors (Lipinski definition) is 0. The van der Waals surface area contributed by atoms with E-state index in [9.17, 15) is 14.4 Å². The van der Waals surface area contributed by atoms with Gasteiger partial charge in [-0.05, 0) is 96.1 Å². The molecule has 0 spiro atoms. The van der Waals surface area contributed by atoms with Crippen molar-refractivity contribution < 1.29 is 14.4 Å². The van der Waals surface area contributed by atoms with E-state index < -0.39 is 0 Å². The van der Waals surface area contributed by atoms with Gasteiger partial charge in [-0.25, -0.2) is 9.98 Å². The second-order valence-electron chi connectivity index (χ2n) is 12.8. The standard InChI is InChI=1S/C19H26N4OS.C19H23N3O2S/c1-5-23-14(2)18(15(3)24)25-19(23)20-16-6-8-17(9-7-16)22-12-10-21(4)11-13-22;1-4-22-13(2)17(14(3)23)25-19(22)20-16-9-7-15(8-10-16)18(24)21-11-5-6-12-21/h6-9H,5,10-13H2,1-4H3;7-10H,4-6,11-12H2,1-3H3. The number of likely N-dealkylation sites (N-methyl/N-ethyl adjacent to an activating group) is 1. The van der Waals surface area contributed by atoms with Crippen molar-refractivity contribution in [2.75, 3.05) is 51.2 Å². The fraction of sp³-hybridized carbons (Fsp3) is 0.447. The number of carbonyl (C=O) groups is 3. The summed E-state index contributed by atoms with van der Waals surface area (Å²) in [6.45, 7) is 18.9. The topological polar surface area (TPSA) is 95.5 Å². The predicted octanol–water partition coefficient (Wildman–Crippen LogP) is 6.61. The second-order valence-corrected chi connectivity index (χ2v) is 14.7. The van der Waals surface area contributed by atoms with Crippen LogP contribution in [0.15, 0.2) is 58.5 Å².